The summed E-state index contributed by atoms with van der Waals surface area (Å²) in [5, 5.41) is 1.98. The van der Waals surface area contributed by atoms with Crippen LogP contribution in [0.15, 0.2) is 47.8 Å². The van der Waals surface area contributed by atoms with E-state index in [1.165, 1.54) is 21.3 Å². The number of hydrogen-bond acceptors (Lipinski definition) is 7. The average Bonchev–Trinajstić information content (AvgIpc) is 3.34. The maximum absolute atomic E-state index is 13.8. The Morgan fingerprint density at radius 1 is 0.935 bits per heavy atom. The van der Waals surface area contributed by atoms with Gasteiger partial charge in [0.2, 0.25) is 0 Å². The van der Waals surface area contributed by atoms with Crippen molar-refractivity contribution in [1.82, 2.24) is 0 Å². The highest BCUT2D eigenvalue weighted by Crippen LogP contribution is 2.38. The fourth-order valence-electron chi connectivity index (χ4n) is 3.38. The summed E-state index contributed by atoms with van der Waals surface area (Å²) in [5.74, 6) is 2.39. The van der Waals surface area contributed by atoms with Gasteiger partial charge in [-0.2, -0.15) is 0 Å². The lowest BCUT2D eigenvalue weighted by atomic mass is 10.1. The predicted molar refractivity (Wildman–Crippen MR) is 118 cm³/mol. The molecule has 31 heavy (non-hydrogen) atoms. The van der Waals surface area contributed by atoms with Gasteiger partial charge in [-0.25, -0.2) is 0 Å². The van der Waals surface area contributed by atoms with Gasteiger partial charge < -0.3 is 28.6 Å². The smallest absolute Gasteiger partial charge is 0.262 e. The minimum absolute atomic E-state index is 0.233. The van der Waals surface area contributed by atoms with Gasteiger partial charge in [-0.15, -0.1) is 11.3 Å². The molecule has 0 N–H and O–H groups in total. The third kappa shape index (κ3) is 4.25. The number of fused-ring (bicyclic) bond motifs is 1. The van der Waals surface area contributed by atoms with Crippen molar-refractivity contribution in [3.05, 3.63) is 58.3 Å². The summed E-state index contributed by atoms with van der Waals surface area (Å²) in [7, 11) is 4.59. The van der Waals surface area contributed by atoms with Crippen molar-refractivity contribution in [2.45, 2.75) is 6.54 Å². The molecule has 0 unspecified atom stereocenters. The van der Waals surface area contributed by atoms with E-state index in [1.807, 2.05) is 35.7 Å². The number of carbonyl (C=O) groups excluding carboxylic acids is 1. The molecule has 162 valence electrons. The molecule has 2 heterocycles. The van der Waals surface area contributed by atoms with Crippen LogP contribution in [0.2, 0.25) is 0 Å². The normalized spacial score (nSPS) is 12.2. The van der Waals surface area contributed by atoms with Gasteiger partial charge in [0, 0.05) is 28.8 Å². The summed E-state index contributed by atoms with van der Waals surface area (Å²) < 4.78 is 27.6. The summed E-state index contributed by atoms with van der Waals surface area (Å²) in [5.41, 5.74) is 1.06. The molecule has 1 amide bonds. The van der Waals surface area contributed by atoms with Gasteiger partial charge in [0.05, 0.1) is 33.4 Å². The summed E-state index contributed by atoms with van der Waals surface area (Å²) in [6, 6.07) is 12.8. The van der Waals surface area contributed by atoms with Crippen LogP contribution in [-0.2, 0) is 6.54 Å². The summed E-state index contributed by atoms with van der Waals surface area (Å²) in [4.78, 5) is 16.5. The van der Waals surface area contributed by atoms with Crippen molar-refractivity contribution in [2.75, 3.05) is 39.4 Å². The Balaban J connectivity index is 1.78. The topological polar surface area (TPSA) is 66.5 Å². The zero-order chi connectivity index (χ0) is 21.8. The van der Waals surface area contributed by atoms with E-state index in [0.717, 1.165) is 4.88 Å². The Labute approximate surface area is 184 Å². The largest absolute Gasteiger partial charge is 0.496 e. The molecule has 0 radical (unpaired) electrons. The highest BCUT2D eigenvalue weighted by molar-refractivity contribution is 7.09. The molecular weight excluding hydrogens is 418 g/mol. The standard InChI is InChI=1S/C23H23NO6S/c1-26-19-13-21(28-3)20(27-2)12-17(19)23(25)24(14-16-5-4-10-31-16)15-6-7-18-22(11-15)30-9-8-29-18/h4-7,10-13H,8-9,14H2,1-3H3. The number of nitrogens with zero attached hydrogens (tertiary/aromatic N) is 1. The zero-order valence-corrected chi connectivity index (χ0v) is 18.4. The molecule has 3 aromatic rings. The Kier molecular flexibility index (Phi) is 6.18. The number of methoxy groups -OCH3 is 3. The Morgan fingerprint density at radius 3 is 2.32 bits per heavy atom. The van der Waals surface area contributed by atoms with Gasteiger partial charge in [-0.3, -0.25) is 4.79 Å². The Bertz CT molecular complexity index is 1070. The van der Waals surface area contributed by atoms with Crippen LogP contribution in [-0.4, -0.2) is 40.5 Å². The third-order valence-corrected chi connectivity index (χ3v) is 5.77. The molecule has 1 aliphatic rings. The molecule has 0 fully saturated rings. The van der Waals surface area contributed by atoms with Crippen molar-refractivity contribution in [3.63, 3.8) is 0 Å². The molecule has 0 spiro atoms. The van der Waals surface area contributed by atoms with Crippen LogP contribution < -0.4 is 28.6 Å². The summed E-state index contributed by atoms with van der Waals surface area (Å²) in [6.45, 7) is 1.37. The summed E-state index contributed by atoms with van der Waals surface area (Å²) >= 11 is 1.59. The van der Waals surface area contributed by atoms with E-state index < -0.39 is 0 Å². The molecule has 0 saturated carbocycles. The first-order chi connectivity index (χ1) is 15.1. The first-order valence-electron chi connectivity index (χ1n) is 9.68. The highest BCUT2D eigenvalue weighted by atomic mass is 32.1. The molecule has 4 rings (SSSR count). The van der Waals surface area contributed by atoms with Crippen molar-refractivity contribution in [3.8, 4) is 28.7 Å². The number of benzene rings is 2. The molecule has 8 heteroatoms. The fourth-order valence-corrected chi connectivity index (χ4v) is 4.07. The maximum atomic E-state index is 13.8. The first-order valence-corrected chi connectivity index (χ1v) is 10.6. The van der Waals surface area contributed by atoms with Crippen LogP contribution in [0.5, 0.6) is 28.7 Å². The van der Waals surface area contributed by atoms with Crippen molar-refractivity contribution < 1.29 is 28.5 Å². The predicted octanol–water partition coefficient (Wildman–Crippen LogP) is 4.39. The number of ether oxygens (including phenoxy) is 5. The van der Waals surface area contributed by atoms with Crippen LogP contribution in [0.25, 0.3) is 0 Å². The first kappa shape index (κ1) is 20.9. The lowest BCUT2D eigenvalue weighted by Gasteiger charge is -2.26. The van der Waals surface area contributed by atoms with Crippen molar-refractivity contribution >= 4 is 22.9 Å². The third-order valence-electron chi connectivity index (χ3n) is 4.91. The second-order valence-electron chi connectivity index (χ2n) is 6.71. The van der Waals surface area contributed by atoms with E-state index in [9.17, 15) is 4.79 Å². The highest BCUT2D eigenvalue weighted by Gasteiger charge is 2.26. The Hall–Kier alpha value is -3.39. The molecule has 1 aliphatic heterocycles. The SMILES string of the molecule is COc1cc(OC)c(C(=O)N(Cc2cccs2)c2ccc3c(c2)OCCO3)cc1OC. The van der Waals surface area contributed by atoms with E-state index in [1.54, 1.807) is 28.4 Å². The van der Waals surface area contributed by atoms with Crippen molar-refractivity contribution in [2.24, 2.45) is 0 Å². The zero-order valence-electron chi connectivity index (χ0n) is 17.5. The van der Waals surface area contributed by atoms with Gasteiger partial charge in [0.1, 0.15) is 19.0 Å². The van der Waals surface area contributed by atoms with E-state index >= 15 is 0 Å². The minimum atomic E-state index is -0.233. The molecule has 2 aromatic carbocycles. The van der Waals surface area contributed by atoms with Crippen LogP contribution in [0.3, 0.4) is 0 Å². The lowest BCUT2D eigenvalue weighted by Crippen LogP contribution is -2.30. The molecular formula is C23H23NO6S. The second-order valence-corrected chi connectivity index (χ2v) is 7.74. The number of carbonyl (C=O) groups is 1. The van der Waals surface area contributed by atoms with Crippen LogP contribution in [0.4, 0.5) is 5.69 Å². The Morgan fingerprint density at radius 2 is 1.65 bits per heavy atom. The molecule has 7 nitrogen and oxygen atoms in total. The molecule has 0 bridgehead atoms. The van der Waals surface area contributed by atoms with E-state index in [4.69, 9.17) is 23.7 Å². The van der Waals surface area contributed by atoms with Gasteiger partial charge in [-0.1, -0.05) is 6.07 Å². The number of thiophene rings is 1. The quantitative estimate of drug-likeness (QED) is 0.542. The van der Waals surface area contributed by atoms with Gasteiger partial charge in [0.25, 0.3) is 5.91 Å². The van der Waals surface area contributed by atoms with Crippen LogP contribution in [0.1, 0.15) is 15.2 Å². The molecule has 1 aromatic heterocycles. The molecule has 0 saturated heterocycles. The van der Waals surface area contributed by atoms with Crippen LogP contribution >= 0.6 is 11.3 Å². The van der Waals surface area contributed by atoms with Gasteiger partial charge >= 0.3 is 0 Å². The number of anilines is 1. The average molecular weight is 442 g/mol. The van der Waals surface area contributed by atoms with E-state index in [-0.39, 0.29) is 5.91 Å². The number of rotatable bonds is 7. The minimum Gasteiger partial charge on any atom is -0.496 e. The maximum Gasteiger partial charge on any atom is 0.262 e. The fraction of sp³-hybridized carbons (Fsp3) is 0.261. The van der Waals surface area contributed by atoms with E-state index in [0.29, 0.717) is 59.8 Å². The monoisotopic (exact) mass is 441 g/mol. The van der Waals surface area contributed by atoms with Gasteiger partial charge in [-0.05, 0) is 23.6 Å². The molecule has 0 atom stereocenters. The van der Waals surface area contributed by atoms with Crippen molar-refractivity contribution in [1.29, 1.82) is 0 Å². The molecule has 0 aliphatic carbocycles. The summed E-state index contributed by atoms with van der Waals surface area (Å²) in [6.07, 6.45) is 0. The number of amides is 1. The van der Waals surface area contributed by atoms with Gasteiger partial charge in [0.15, 0.2) is 23.0 Å². The number of hydrogen-bond donors (Lipinski definition) is 0. The second kappa shape index (κ2) is 9.18. The van der Waals surface area contributed by atoms with E-state index in [2.05, 4.69) is 0 Å². The lowest BCUT2D eigenvalue weighted by molar-refractivity contribution is 0.0981. The van der Waals surface area contributed by atoms with Crippen LogP contribution in [0, 0.1) is 0 Å².